The fourth-order valence-electron chi connectivity index (χ4n) is 2.89. The van der Waals surface area contributed by atoms with Crippen molar-refractivity contribution in [2.45, 2.75) is 5.16 Å². The van der Waals surface area contributed by atoms with Gasteiger partial charge in [-0.25, -0.2) is 4.98 Å². The van der Waals surface area contributed by atoms with E-state index in [9.17, 15) is 9.59 Å². The number of hydrogen-bond donors (Lipinski definition) is 1. The molecule has 0 spiro atoms. The van der Waals surface area contributed by atoms with Crippen molar-refractivity contribution in [2.24, 2.45) is 0 Å². The summed E-state index contributed by atoms with van der Waals surface area (Å²) in [6.07, 6.45) is 0. The smallest absolute Gasteiger partial charge is 0.276 e. The number of para-hydroxylation sites is 1. The number of halogens is 1. The molecule has 0 radical (unpaired) electrons. The van der Waals surface area contributed by atoms with Crippen LogP contribution in [-0.4, -0.2) is 28.3 Å². The summed E-state index contributed by atoms with van der Waals surface area (Å²) in [6, 6.07) is 16.1. The van der Waals surface area contributed by atoms with E-state index in [1.165, 1.54) is 34.8 Å². The van der Waals surface area contributed by atoms with Crippen molar-refractivity contribution in [1.82, 2.24) is 9.55 Å². The molecule has 30 heavy (non-hydrogen) atoms. The van der Waals surface area contributed by atoms with Gasteiger partial charge in [-0.3, -0.25) is 14.2 Å². The Morgan fingerprint density at radius 1 is 1.23 bits per heavy atom. The van der Waals surface area contributed by atoms with Crippen molar-refractivity contribution >= 4 is 56.5 Å². The fourth-order valence-corrected chi connectivity index (χ4v) is 4.63. The number of aromatic nitrogens is 2. The highest BCUT2D eigenvalue weighted by atomic mass is 35.5. The molecule has 152 valence electrons. The molecule has 9 heteroatoms. The van der Waals surface area contributed by atoms with Crippen molar-refractivity contribution in [3.8, 4) is 11.4 Å². The zero-order valence-electron chi connectivity index (χ0n) is 15.8. The molecule has 0 bridgehead atoms. The third-order valence-corrected chi connectivity index (χ3v) is 6.30. The van der Waals surface area contributed by atoms with Crippen LogP contribution >= 0.6 is 34.7 Å². The molecule has 1 amide bonds. The van der Waals surface area contributed by atoms with E-state index in [1.807, 2.05) is 35.7 Å². The summed E-state index contributed by atoms with van der Waals surface area (Å²) in [6.45, 7) is 0. The van der Waals surface area contributed by atoms with E-state index in [0.717, 1.165) is 0 Å². The average molecular weight is 458 g/mol. The van der Waals surface area contributed by atoms with E-state index in [-0.39, 0.29) is 17.2 Å². The number of carbonyl (C=O) groups is 1. The number of amides is 1. The molecule has 0 aliphatic heterocycles. The Morgan fingerprint density at radius 3 is 2.80 bits per heavy atom. The maximum absolute atomic E-state index is 13.1. The van der Waals surface area contributed by atoms with Gasteiger partial charge in [0.15, 0.2) is 5.16 Å². The Bertz CT molecular complexity index is 1270. The lowest BCUT2D eigenvalue weighted by molar-refractivity contribution is -0.113. The van der Waals surface area contributed by atoms with Crippen LogP contribution in [0.25, 0.3) is 15.9 Å². The highest BCUT2D eigenvalue weighted by molar-refractivity contribution is 7.99. The normalized spacial score (nSPS) is 10.9. The predicted octanol–water partition coefficient (Wildman–Crippen LogP) is 4.84. The van der Waals surface area contributed by atoms with Gasteiger partial charge in [-0.05, 0) is 41.8 Å². The number of rotatable bonds is 6. The van der Waals surface area contributed by atoms with E-state index in [1.54, 1.807) is 24.3 Å². The van der Waals surface area contributed by atoms with Gasteiger partial charge in [0.25, 0.3) is 5.56 Å². The van der Waals surface area contributed by atoms with Gasteiger partial charge in [0.1, 0.15) is 10.4 Å². The second-order valence-corrected chi connectivity index (χ2v) is 8.48. The number of benzene rings is 2. The summed E-state index contributed by atoms with van der Waals surface area (Å²) in [5, 5.41) is 5.57. The lowest BCUT2D eigenvalue weighted by Gasteiger charge is -2.13. The Morgan fingerprint density at radius 2 is 2.03 bits per heavy atom. The molecule has 0 aliphatic carbocycles. The third kappa shape index (κ3) is 4.21. The minimum absolute atomic E-state index is 0.0601. The average Bonchev–Trinajstić information content (AvgIpc) is 3.22. The van der Waals surface area contributed by atoms with Gasteiger partial charge in [0.2, 0.25) is 5.91 Å². The van der Waals surface area contributed by atoms with Crippen LogP contribution in [0, 0.1) is 0 Å². The van der Waals surface area contributed by atoms with E-state index in [2.05, 4.69) is 10.3 Å². The molecule has 1 N–H and O–H groups in total. The monoisotopic (exact) mass is 457 g/mol. The second-order valence-electron chi connectivity index (χ2n) is 6.19. The van der Waals surface area contributed by atoms with Gasteiger partial charge in [-0.15, -0.1) is 11.3 Å². The maximum atomic E-state index is 13.1. The minimum Gasteiger partial charge on any atom is -0.495 e. The lowest BCUT2D eigenvalue weighted by atomic mass is 10.3. The summed E-state index contributed by atoms with van der Waals surface area (Å²) >= 11 is 8.56. The van der Waals surface area contributed by atoms with Crippen LogP contribution in [0.3, 0.4) is 0 Å². The molecule has 4 aromatic rings. The van der Waals surface area contributed by atoms with Gasteiger partial charge in [0.05, 0.1) is 29.8 Å². The maximum Gasteiger partial charge on any atom is 0.276 e. The van der Waals surface area contributed by atoms with Crippen molar-refractivity contribution in [2.75, 3.05) is 18.2 Å². The molecule has 2 heterocycles. The summed E-state index contributed by atoms with van der Waals surface area (Å²) in [7, 11) is 1.52. The number of hydrogen-bond acceptors (Lipinski definition) is 6. The lowest BCUT2D eigenvalue weighted by Crippen LogP contribution is -2.22. The Labute approximate surface area is 185 Å². The molecular weight excluding hydrogens is 442 g/mol. The number of thiophene rings is 1. The number of ether oxygens (including phenoxy) is 1. The standard InChI is InChI=1S/C21H16ClN3O3S2/c1-28-17-8-7-13(22)11-16(17)23-18(26)12-30-21-24-15-9-10-29-19(15)20(27)25(21)14-5-3-2-4-6-14/h2-11H,12H2,1H3,(H,23,26). The van der Waals surface area contributed by atoms with Crippen molar-refractivity contribution < 1.29 is 9.53 Å². The van der Waals surface area contributed by atoms with E-state index in [4.69, 9.17) is 16.3 Å². The molecule has 2 aromatic heterocycles. The summed E-state index contributed by atoms with van der Waals surface area (Å²) < 4.78 is 7.38. The Hall–Kier alpha value is -2.81. The summed E-state index contributed by atoms with van der Waals surface area (Å²) in [5.74, 6) is 0.307. The number of anilines is 1. The molecule has 6 nitrogen and oxygen atoms in total. The van der Waals surface area contributed by atoms with Crippen LogP contribution in [0.1, 0.15) is 0 Å². The second kappa shape index (κ2) is 8.91. The first-order valence-corrected chi connectivity index (χ1v) is 11.1. The number of fused-ring (bicyclic) bond motifs is 1. The first kappa shape index (κ1) is 20.5. The van der Waals surface area contributed by atoms with E-state index in [0.29, 0.717) is 37.5 Å². The molecule has 0 unspecified atom stereocenters. The zero-order chi connectivity index (χ0) is 21.1. The van der Waals surface area contributed by atoms with Crippen LogP contribution in [-0.2, 0) is 4.79 Å². The molecule has 0 fully saturated rings. The third-order valence-electron chi connectivity index (χ3n) is 4.23. The molecule has 2 aromatic carbocycles. The first-order valence-electron chi connectivity index (χ1n) is 8.88. The molecular formula is C21H16ClN3O3S2. The highest BCUT2D eigenvalue weighted by Gasteiger charge is 2.16. The first-order chi connectivity index (χ1) is 14.6. The number of nitrogens with zero attached hydrogens (tertiary/aromatic N) is 2. The zero-order valence-corrected chi connectivity index (χ0v) is 18.2. The van der Waals surface area contributed by atoms with Crippen molar-refractivity contribution in [3.63, 3.8) is 0 Å². The largest absolute Gasteiger partial charge is 0.495 e. The molecule has 4 rings (SSSR count). The van der Waals surface area contributed by atoms with Crippen LogP contribution in [0.5, 0.6) is 5.75 Å². The Kier molecular flexibility index (Phi) is 6.08. The number of nitrogens with one attached hydrogen (secondary N) is 1. The van der Waals surface area contributed by atoms with Crippen molar-refractivity contribution in [1.29, 1.82) is 0 Å². The van der Waals surface area contributed by atoms with Crippen LogP contribution < -0.4 is 15.6 Å². The van der Waals surface area contributed by atoms with Crippen LogP contribution in [0.15, 0.2) is 69.9 Å². The predicted molar refractivity (Wildman–Crippen MR) is 123 cm³/mol. The molecule has 0 aliphatic rings. The fraction of sp³-hybridized carbons (Fsp3) is 0.0952. The molecule has 0 saturated carbocycles. The van der Waals surface area contributed by atoms with Gasteiger partial charge in [-0.2, -0.15) is 0 Å². The quantitative estimate of drug-likeness (QED) is 0.331. The minimum atomic E-state index is -0.264. The van der Waals surface area contributed by atoms with Gasteiger partial charge in [-0.1, -0.05) is 41.6 Å². The van der Waals surface area contributed by atoms with Crippen LogP contribution in [0.4, 0.5) is 5.69 Å². The topological polar surface area (TPSA) is 73.2 Å². The molecule has 0 saturated heterocycles. The van der Waals surface area contributed by atoms with Gasteiger partial charge in [0, 0.05) is 5.02 Å². The van der Waals surface area contributed by atoms with Gasteiger partial charge < -0.3 is 10.1 Å². The Balaban J connectivity index is 1.62. The van der Waals surface area contributed by atoms with E-state index < -0.39 is 0 Å². The number of carbonyl (C=O) groups excluding carboxylic acids is 1. The number of methoxy groups -OCH3 is 1. The summed E-state index contributed by atoms with van der Waals surface area (Å²) in [5.41, 5.74) is 1.65. The SMILES string of the molecule is COc1ccc(Cl)cc1NC(=O)CSc1nc2ccsc2c(=O)n1-c1ccccc1. The van der Waals surface area contributed by atoms with Crippen molar-refractivity contribution in [3.05, 3.63) is 75.4 Å². The van der Waals surface area contributed by atoms with Crippen LogP contribution in [0.2, 0.25) is 5.02 Å². The van der Waals surface area contributed by atoms with E-state index >= 15 is 0 Å². The molecule has 0 atom stereocenters. The number of thioether (sulfide) groups is 1. The van der Waals surface area contributed by atoms with Gasteiger partial charge >= 0.3 is 0 Å². The highest BCUT2D eigenvalue weighted by Crippen LogP contribution is 2.28. The summed E-state index contributed by atoms with van der Waals surface area (Å²) in [4.78, 5) is 30.2.